The molecule has 0 aromatic carbocycles. The lowest BCUT2D eigenvalue weighted by Gasteiger charge is -2.02. The SMILES string of the molecule is CC(N)NC/C=C/N. The highest BCUT2D eigenvalue weighted by Crippen LogP contribution is 1.65. The summed E-state index contributed by atoms with van der Waals surface area (Å²) >= 11 is 0. The molecule has 3 heteroatoms. The Morgan fingerprint density at radius 2 is 2.38 bits per heavy atom. The predicted molar refractivity (Wildman–Crippen MR) is 35.0 cm³/mol. The van der Waals surface area contributed by atoms with Gasteiger partial charge in [0.1, 0.15) is 0 Å². The Kier molecular flexibility index (Phi) is 4.30. The van der Waals surface area contributed by atoms with Gasteiger partial charge in [0.2, 0.25) is 0 Å². The molecule has 1 atom stereocenters. The van der Waals surface area contributed by atoms with E-state index in [-0.39, 0.29) is 6.17 Å². The van der Waals surface area contributed by atoms with Gasteiger partial charge in [0, 0.05) is 6.54 Å². The van der Waals surface area contributed by atoms with Crippen molar-refractivity contribution < 1.29 is 0 Å². The van der Waals surface area contributed by atoms with E-state index in [1.165, 1.54) is 6.20 Å². The standard InChI is InChI=1S/C5H13N3/c1-5(7)8-4-2-3-6/h2-3,5,8H,4,6-7H2,1H3/b3-2+. The lowest BCUT2D eigenvalue weighted by Crippen LogP contribution is -2.34. The molecule has 0 saturated heterocycles. The van der Waals surface area contributed by atoms with Crippen LogP contribution in [0.15, 0.2) is 12.3 Å². The maximum absolute atomic E-state index is 5.35. The lowest BCUT2D eigenvalue weighted by atomic mass is 10.5. The molecule has 0 saturated carbocycles. The summed E-state index contributed by atoms with van der Waals surface area (Å²) in [6.45, 7) is 2.62. The van der Waals surface area contributed by atoms with Crippen molar-refractivity contribution in [1.82, 2.24) is 5.32 Å². The fourth-order valence-electron chi connectivity index (χ4n) is 0.322. The van der Waals surface area contributed by atoms with Crippen LogP contribution in [0.4, 0.5) is 0 Å². The molecule has 0 aliphatic carbocycles. The molecule has 0 heterocycles. The van der Waals surface area contributed by atoms with Crippen LogP contribution in [0.5, 0.6) is 0 Å². The third kappa shape index (κ3) is 5.46. The second kappa shape index (κ2) is 4.61. The minimum absolute atomic E-state index is 0.0474. The number of hydrogen-bond donors (Lipinski definition) is 3. The monoisotopic (exact) mass is 115 g/mol. The molecule has 0 radical (unpaired) electrons. The van der Waals surface area contributed by atoms with Gasteiger partial charge in [-0.05, 0) is 13.1 Å². The van der Waals surface area contributed by atoms with Crippen LogP contribution in [0.1, 0.15) is 6.92 Å². The fraction of sp³-hybridized carbons (Fsp3) is 0.600. The van der Waals surface area contributed by atoms with E-state index < -0.39 is 0 Å². The molecular formula is C5H13N3. The molecular weight excluding hydrogens is 102 g/mol. The Labute approximate surface area is 49.7 Å². The topological polar surface area (TPSA) is 64.1 Å². The summed E-state index contributed by atoms with van der Waals surface area (Å²) in [5.74, 6) is 0. The Hall–Kier alpha value is -0.540. The van der Waals surface area contributed by atoms with Gasteiger partial charge in [0.05, 0.1) is 6.17 Å². The van der Waals surface area contributed by atoms with Crippen molar-refractivity contribution in [3.63, 3.8) is 0 Å². The van der Waals surface area contributed by atoms with Crippen molar-refractivity contribution in [1.29, 1.82) is 0 Å². The third-order valence-electron chi connectivity index (χ3n) is 0.694. The molecule has 48 valence electrons. The Bertz CT molecular complexity index is 68.1. The Morgan fingerprint density at radius 3 is 2.75 bits per heavy atom. The molecule has 0 aromatic heterocycles. The highest BCUT2D eigenvalue weighted by atomic mass is 15.0. The number of nitrogens with one attached hydrogen (secondary N) is 1. The van der Waals surface area contributed by atoms with Crippen molar-refractivity contribution >= 4 is 0 Å². The van der Waals surface area contributed by atoms with Gasteiger partial charge in [0.25, 0.3) is 0 Å². The molecule has 0 fully saturated rings. The van der Waals surface area contributed by atoms with E-state index in [4.69, 9.17) is 11.5 Å². The zero-order valence-electron chi connectivity index (χ0n) is 5.09. The van der Waals surface area contributed by atoms with E-state index >= 15 is 0 Å². The van der Waals surface area contributed by atoms with Crippen LogP contribution >= 0.6 is 0 Å². The van der Waals surface area contributed by atoms with Crippen LogP contribution in [0.2, 0.25) is 0 Å². The van der Waals surface area contributed by atoms with Crippen LogP contribution in [-0.4, -0.2) is 12.7 Å². The van der Waals surface area contributed by atoms with Gasteiger partial charge in [-0.15, -0.1) is 0 Å². The van der Waals surface area contributed by atoms with Crippen molar-refractivity contribution in [2.75, 3.05) is 6.54 Å². The van der Waals surface area contributed by atoms with E-state index in [1.807, 2.05) is 13.0 Å². The van der Waals surface area contributed by atoms with Crippen molar-refractivity contribution in [3.8, 4) is 0 Å². The minimum atomic E-state index is 0.0474. The van der Waals surface area contributed by atoms with Gasteiger partial charge in [0.15, 0.2) is 0 Å². The van der Waals surface area contributed by atoms with E-state index in [0.29, 0.717) is 0 Å². The number of nitrogens with two attached hydrogens (primary N) is 2. The minimum Gasteiger partial charge on any atom is -0.405 e. The Morgan fingerprint density at radius 1 is 1.75 bits per heavy atom. The number of rotatable bonds is 3. The molecule has 8 heavy (non-hydrogen) atoms. The summed E-state index contributed by atoms with van der Waals surface area (Å²) in [6, 6.07) is 0. The molecule has 0 aliphatic heterocycles. The van der Waals surface area contributed by atoms with E-state index in [0.717, 1.165) is 6.54 Å². The highest BCUT2D eigenvalue weighted by molar-refractivity contribution is 4.78. The van der Waals surface area contributed by atoms with Crippen molar-refractivity contribution in [2.45, 2.75) is 13.1 Å². The van der Waals surface area contributed by atoms with Crippen LogP contribution < -0.4 is 16.8 Å². The summed E-state index contributed by atoms with van der Waals surface area (Å²) in [4.78, 5) is 0. The normalized spacial score (nSPS) is 14.8. The molecule has 0 aliphatic rings. The van der Waals surface area contributed by atoms with Gasteiger partial charge in [-0.2, -0.15) is 0 Å². The summed E-state index contributed by atoms with van der Waals surface area (Å²) in [7, 11) is 0. The smallest absolute Gasteiger partial charge is 0.0519 e. The van der Waals surface area contributed by atoms with E-state index in [1.54, 1.807) is 0 Å². The first kappa shape index (κ1) is 7.46. The fourth-order valence-corrected chi connectivity index (χ4v) is 0.322. The van der Waals surface area contributed by atoms with Gasteiger partial charge in [-0.1, -0.05) is 6.08 Å². The first-order chi connectivity index (χ1) is 3.77. The average molecular weight is 115 g/mol. The maximum Gasteiger partial charge on any atom is 0.0519 e. The third-order valence-corrected chi connectivity index (χ3v) is 0.694. The largest absolute Gasteiger partial charge is 0.405 e. The summed E-state index contributed by atoms with van der Waals surface area (Å²) < 4.78 is 0. The molecule has 0 aromatic rings. The van der Waals surface area contributed by atoms with Crippen LogP contribution in [-0.2, 0) is 0 Å². The van der Waals surface area contributed by atoms with Gasteiger partial charge in [-0.25, -0.2) is 0 Å². The van der Waals surface area contributed by atoms with Crippen LogP contribution in [0.3, 0.4) is 0 Å². The molecule has 3 nitrogen and oxygen atoms in total. The van der Waals surface area contributed by atoms with Crippen LogP contribution in [0, 0.1) is 0 Å². The van der Waals surface area contributed by atoms with Gasteiger partial charge in [-0.3, -0.25) is 5.32 Å². The molecule has 1 unspecified atom stereocenters. The molecule has 0 spiro atoms. The zero-order chi connectivity index (χ0) is 6.41. The quantitative estimate of drug-likeness (QED) is 0.428. The average Bonchev–Trinajstić information content (AvgIpc) is 1.66. The molecule has 0 rings (SSSR count). The second-order valence-corrected chi connectivity index (χ2v) is 1.63. The van der Waals surface area contributed by atoms with Crippen molar-refractivity contribution in [3.05, 3.63) is 12.3 Å². The van der Waals surface area contributed by atoms with Crippen LogP contribution in [0.25, 0.3) is 0 Å². The molecule has 0 amide bonds. The van der Waals surface area contributed by atoms with Crippen molar-refractivity contribution in [2.24, 2.45) is 11.5 Å². The Balaban J connectivity index is 2.93. The number of hydrogen-bond acceptors (Lipinski definition) is 3. The summed E-state index contributed by atoms with van der Waals surface area (Å²) in [5, 5.41) is 2.96. The van der Waals surface area contributed by atoms with Gasteiger partial charge < -0.3 is 11.5 Å². The summed E-state index contributed by atoms with van der Waals surface area (Å²) in [5.41, 5.74) is 10.4. The maximum atomic E-state index is 5.35. The molecule has 0 bridgehead atoms. The van der Waals surface area contributed by atoms with E-state index in [9.17, 15) is 0 Å². The molecule has 5 N–H and O–H groups in total. The summed E-state index contributed by atoms with van der Waals surface area (Å²) in [6.07, 6.45) is 3.35. The lowest BCUT2D eigenvalue weighted by molar-refractivity contribution is 0.606. The second-order valence-electron chi connectivity index (χ2n) is 1.63. The zero-order valence-corrected chi connectivity index (χ0v) is 5.09. The first-order valence-corrected chi connectivity index (χ1v) is 2.63. The first-order valence-electron chi connectivity index (χ1n) is 2.63. The van der Waals surface area contributed by atoms with Gasteiger partial charge >= 0.3 is 0 Å². The predicted octanol–water partition coefficient (Wildman–Crippen LogP) is -0.647. The van der Waals surface area contributed by atoms with E-state index in [2.05, 4.69) is 5.32 Å². The highest BCUT2D eigenvalue weighted by Gasteiger charge is 1.84.